The van der Waals surface area contributed by atoms with Gasteiger partial charge in [-0.1, -0.05) is 54.1 Å². The number of aliphatic imine (C=N–C) groups is 1. The van der Waals surface area contributed by atoms with Crippen molar-refractivity contribution in [2.24, 2.45) is 10.1 Å². The number of para-hydroxylation sites is 2. The van der Waals surface area contributed by atoms with Gasteiger partial charge in [0.2, 0.25) is 5.17 Å². The minimum absolute atomic E-state index is 0.00357. The van der Waals surface area contributed by atoms with E-state index in [4.69, 9.17) is 14.9 Å². The van der Waals surface area contributed by atoms with E-state index in [1.54, 1.807) is 6.08 Å². The van der Waals surface area contributed by atoms with E-state index in [1.807, 2.05) is 86.6 Å². The van der Waals surface area contributed by atoms with Gasteiger partial charge in [-0.3, -0.25) is 10.2 Å². The minimum Gasteiger partial charge on any atom is -0.492 e. The standard InChI is InChI=1S/C31H27N5O3S/c1-20-12-14-23(15-13-20)38-17-16-35-21(2)25(24-10-6-7-11-27(24)35)18-26-29(32)36-31(33-30(26)37)40-28(34-36)19-39-22-8-4-3-5-9-22/h3-15,18,32H,16-17,19H2,1-2H3/b26-18-,32-29?. The van der Waals surface area contributed by atoms with Crippen molar-refractivity contribution in [2.75, 3.05) is 13.2 Å². The second-order valence-electron chi connectivity index (χ2n) is 9.44. The Morgan fingerprint density at radius 1 is 0.925 bits per heavy atom. The predicted molar refractivity (Wildman–Crippen MR) is 160 cm³/mol. The first kappa shape index (κ1) is 25.6. The average molecular weight is 550 g/mol. The summed E-state index contributed by atoms with van der Waals surface area (Å²) in [4.78, 5) is 17.3. The van der Waals surface area contributed by atoms with E-state index >= 15 is 0 Å². The fourth-order valence-corrected chi connectivity index (χ4v) is 5.51. The Labute approximate surface area is 236 Å². The molecule has 2 aliphatic rings. The number of hydrazone groups is 1. The predicted octanol–water partition coefficient (Wildman–Crippen LogP) is 6.04. The summed E-state index contributed by atoms with van der Waals surface area (Å²) in [5.74, 6) is 1.09. The monoisotopic (exact) mass is 549 g/mol. The summed E-state index contributed by atoms with van der Waals surface area (Å²) in [6.45, 7) is 5.42. The molecule has 0 spiro atoms. The van der Waals surface area contributed by atoms with Crippen LogP contribution in [0.1, 0.15) is 16.8 Å². The molecule has 9 heteroatoms. The van der Waals surface area contributed by atoms with Crippen LogP contribution in [-0.2, 0) is 11.3 Å². The van der Waals surface area contributed by atoms with E-state index in [-0.39, 0.29) is 18.0 Å². The van der Waals surface area contributed by atoms with Crippen molar-refractivity contribution >= 4 is 50.7 Å². The van der Waals surface area contributed by atoms with E-state index < -0.39 is 5.91 Å². The van der Waals surface area contributed by atoms with Crippen LogP contribution in [0.25, 0.3) is 17.0 Å². The summed E-state index contributed by atoms with van der Waals surface area (Å²) in [7, 11) is 0. The number of aryl methyl sites for hydroxylation is 1. The number of nitrogens with zero attached hydrogens (tertiary/aromatic N) is 4. The lowest BCUT2D eigenvalue weighted by Gasteiger charge is -2.20. The normalized spacial score (nSPS) is 15.8. The lowest BCUT2D eigenvalue weighted by atomic mass is 10.1. The topological polar surface area (TPSA) is 92.3 Å². The molecule has 3 heterocycles. The molecule has 0 fully saturated rings. The molecule has 1 amide bonds. The fourth-order valence-electron chi connectivity index (χ4n) is 4.71. The summed E-state index contributed by atoms with van der Waals surface area (Å²) < 4.78 is 14.0. The number of amides is 1. The second kappa shape index (κ2) is 10.9. The van der Waals surface area contributed by atoms with E-state index in [2.05, 4.69) is 20.7 Å². The van der Waals surface area contributed by atoms with Gasteiger partial charge in [0.15, 0.2) is 5.84 Å². The number of thioether (sulfide) groups is 1. The van der Waals surface area contributed by atoms with Crippen molar-refractivity contribution in [2.45, 2.75) is 20.4 Å². The van der Waals surface area contributed by atoms with Gasteiger partial charge in [-0.15, -0.1) is 0 Å². The Bertz CT molecular complexity index is 1700. The Balaban J connectivity index is 1.25. The first-order valence-electron chi connectivity index (χ1n) is 12.9. The smallest absolute Gasteiger partial charge is 0.283 e. The molecule has 1 aromatic heterocycles. The maximum atomic E-state index is 13.1. The number of carbonyl (C=O) groups excluding carboxylic acids is 1. The number of nitrogens with one attached hydrogen (secondary N) is 1. The highest BCUT2D eigenvalue weighted by atomic mass is 32.2. The highest BCUT2D eigenvalue weighted by Gasteiger charge is 2.36. The number of ether oxygens (including phenoxy) is 2. The van der Waals surface area contributed by atoms with Crippen LogP contribution in [-0.4, -0.2) is 44.7 Å². The molecule has 0 saturated heterocycles. The molecule has 0 saturated carbocycles. The number of aromatic nitrogens is 1. The second-order valence-corrected chi connectivity index (χ2v) is 10.5. The van der Waals surface area contributed by atoms with E-state index in [0.717, 1.165) is 33.7 Å². The minimum atomic E-state index is -0.455. The lowest BCUT2D eigenvalue weighted by Crippen LogP contribution is -2.35. The van der Waals surface area contributed by atoms with Gasteiger partial charge in [0.25, 0.3) is 5.91 Å². The summed E-state index contributed by atoms with van der Waals surface area (Å²) in [5.41, 5.74) is 4.27. The maximum absolute atomic E-state index is 13.1. The average Bonchev–Trinajstić information content (AvgIpc) is 3.50. The Kier molecular flexibility index (Phi) is 6.96. The van der Waals surface area contributed by atoms with Crippen molar-refractivity contribution < 1.29 is 14.3 Å². The van der Waals surface area contributed by atoms with Gasteiger partial charge in [-0.05, 0) is 62.0 Å². The molecule has 40 heavy (non-hydrogen) atoms. The van der Waals surface area contributed by atoms with Gasteiger partial charge in [-0.25, -0.2) is 0 Å². The molecule has 2 aliphatic heterocycles. The summed E-state index contributed by atoms with van der Waals surface area (Å²) in [6.07, 6.45) is 1.76. The summed E-state index contributed by atoms with van der Waals surface area (Å²) in [5, 5.41) is 16.7. The molecule has 200 valence electrons. The number of benzene rings is 3. The quantitative estimate of drug-likeness (QED) is 0.271. The van der Waals surface area contributed by atoms with Crippen LogP contribution >= 0.6 is 11.8 Å². The van der Waals surface area contributed by atoms with E-state index in [9.17, 15) is 4.79 Å². The molecular weight excluding hydrogens is 522 g/mol. The molecule has 6 rings (SSSR count). The summed E-state index contributed by atoms with van der Waals surface area (Å²) >= 11 is 1.24. The molecule has 0 atom stereocenters. The first-order chi connectivity index (χ1) is 19.5. The molecule has 0 aliphatic carbocycles. The van der Waals surface area contributed by atoms with Gasteiger partial charge >= 0.3 is 0 Å². The number of fused-ring (bicyclic) bond motifs is 2. The molecule has 0 bridgehead atoms. The van der Waals surface area contributed by atoms with Crippen LogP contribution in [0.3, 0.4) is 0 Å². The summed E-state index contributed by atoms with van der Waals surface area (Å²) in [6, 6.07) is 25.5. The van der Waals surface area contributed by atoms with Crippen LogP contribution in [0.5, 0.6) is 11.5 Å². The van der Waals surface area contributed by atoms with Gasteiger partial charge in [0.05, 0.1) is 12.1 Å². The Morgan fingerprint density at radius 3 is 2.45 bits per heavy atom. The zero-order valence-corrected chi connectivity index (χ0v) is 22.9. The third-order valence-corrected chi connectivity index (χ3v) is 7.66. The van der Waals surface area contributed by atoms with Crippen LogP contribution in [0, 0.1) is 19.3 Å². The molecular formula is C31H27N5O3S. The van der Waals surface area contributed by atoms with Crippen molar-refractivity contribution in [3.63, 3.8) is 0 Å². The zero-order valence-electron chi connectivity index (χ0n) is 22.1. The maximum Gasteiger partial charge on any atom is 0.283 e. The van der Waals surface area contributed by atoms with Crippen LogP contribution < -0.4 is 9.47 Å². The highest BCUT2D eigenvalue weighted by molar-refractivity contribution is 8.27. The third kappa shape index (κ3) is 5.03. The van der Waals surface area contributed by atoms with Crippen molar-refractivity contribution in [1.29, 1.82) is 5.41 Å². The number of carbonyl (C=O) groups is 1. The van der Waals surface area contributed by atoms with Crippen LogP contribution in [0.2, 0.25) is 0 Å². The Morgan fingerprint density at radius 2 is 1.65 bits per heavy atom. The fraction of sp³-hybridized carbons (Fsp3) is 0.161. The highest BCUT2D eigenvalue weighted by Crippen LogP contribution is 2.32. The largest absolute Gasteiger partial charge is 0.492 e. The molecule has 0 unspecified atom stereocenters. The van der Waals surface area contributed by atoms with Gasteiger partial charge < -0.3 is 14.0 Å². The SMILES string of the molecule is Cc1ccc(OCCn2c(C)c(/C=C3/C(=N)N4N=C(COc5ccccc5)SC4=NC3=O)c3ccccc32)cc1. The molecule has 3 aromatic carbocycles. The number of amidine groups is 2. The van der Waals surface area contributed by atoms with Gasteiger partial charge in [0.1, 0.15) is 29.8 Å². The van der Waals surface area contributed by atoms with Gasteiger partial charge in [-0.2, -0.15) is 15.1 Å². The molecule has 8 nitrogen and oxygen atoms in total. The van der Waals surface area contributed by atoms with Crippen molar-refractivity contribution in [3.8, 4) is 11.5 Å². The Hall–Kier alpha value is -4.63. The zero-order chi connectivity index (χ0) is 27.6. The van der Waals surface area contributed by atoms with Gasteiger partial charge in [0, 0.05) is 22.2 Å². The molecule has 1 N–H and O–H groups in total. The molecule has 0 radical (unpaired) electrons. The van der Waals surface area contributed by atoms with Crippen LogP contribution in [0.4, 0.5) is 0 Å². The van der Waals surface area contributed by atoms with Crippen LogP contribution in [0.15, 0.2) is 94.5 Å². The van der Waals surface area contributed by atoms with Crippen molar-refractivity contribution in [1.82, 2.24) is 9.58 Å². The first-order valence-corrected chi connectivity index (χ1v) is 13.7. The number of hydrogen-bond donors (Lipinski definition) is 1. The molecule has 4 aromatic rings. The number of rotatable bonds is 8. The number of hydrogen-bond acceptors (Lipinski definition) is 6. The lowest BCUT2D eigenvalue weighted by molar-refractivity contribution is -0.114. The van der Waals surface area contributed by atoms with Crippen molar-refractivity contribution in [3.05, 3.63) is 101 Å². The van der Waals surface area contributed by atoms with E-state index in [1.165, 1.54) is 22.3 Å². The third-order valence-electron chi connectivity index (χ3n) is 6.77. The van der Waals surface area contributed by atoms with E-state index in [0.29, 0.717) is 23.4 Å².